The number of fused-ring (bicyclic) bond motifs is 1. The lowest BCUT2D eigenvalue weighted by Gasteiger charge is -2.21. The van der Waals surface area contributed by atoms with Gasteiger partial charge in [-0.05, 0) is 37.3 Å². The lowest BCUT2D eigenvalue weighted by molar-refractivity contribution is 0.0990. The van der Waals surface area contributed by atoms with Crippen molar-refractivity contribution in [2.75, 3.05) is 17.2 Å². The van der Waals surface area contributed by atoms with Crippen molar-refractivity contribution in [3.05, 3.63) is 59.5 Å². The third kappa shape index (κ3) is 2.50. The van der Waals surface area contributed by atoms with Crippen LogP contribution in [-0.4, -0.2) is 12.5 Å². The topological polar surface area (TPSA) is 46.3 Å². The molecule has 2 aromatic carbocycles. The zero-order valence-electron chi connectivity index (χ0n) is 11.7. The fraction of sp³-hybridized carbons (Fsp3) is 0.118. The summed E-state index contributed by atoms with van der Waals surface area (Å²) in [4.78, 5) is 14.6. The van der Waals surface area contributed by atoms with Gasteiger partial charge in [0.05, 0.1) is 5.56 Å². The van der Waals surface area contributed by atoms with Gasteiger partial charge in [0.2, 0.25) is 0 Å². The number of nitrogens with zero attached hydrogens (tertiary/aromatic N) is 1. The van der Waals surface area contributed by atoms with Gasteiger partial charge >= 0.3 is 0 Å². The third-order valence-electron chi connectivity index (χ3n) is 3.48. The average molecular weight is 296 g/mol. The molecule has 106 valence electrons. The number of carbonyl (C=O) groups excluding carboxylic acids is 1. The van der Waals surface area contributed by atoms with Crippen LogP contribution in [0.5, 0.6) is 0 Å². The maximum Gasteiger partial charge on any atom is 0.259 e. The number of nitrogens with two attached hydrogens (primary N) is 1. The molecule has 1 aromatic heterocycles. The molecule has 4 heteroatoms. The van der Waals surface area contributed by atoms with E-state index in [4.69, 9.17) is 5.73 Å². The summed E-state index contributed by atoms with van der Waals surface area (Å²) in [5, 5.41) is 2.95. The molecule has 0 atom stereocenters. The Labute approximate surface area is 127 Å². The Hall–Kier alpha value is -2.33. The van der Waals surface area contributed by atoms with Gasteiger partial charge in [-0.2, -0.15) is 0 Å². The monoisotopic (exact) mass is 296 g/mol. The SMILES string of the molecule is CCN(C(=O)c1csc2ccccc12)c1ccc(N)cc1. The van der Waals surface area contributed by atoms with Crippen LogP contribution in [0, 0.1) is 0 Å². The maximum absolute atomic E-state index is 12.8. The molecule has 1 heterocycles. The molecule has 3 aromatic rings. The van der Waals surface area contributed by atoms with Gasteiger partial charge in [-0.1, -0.05) is 18.2 Å². The fourth-order valence-electron chi connectivity index (χ4n) is 2.39. The Morgan fingerprint density at radius 1 is 1.14 bits per heavy atom. The van der Waals surface area contributed by atoms with Crippen molar-refractivity contribution in [2.45, 2.75) is 6.92 Å². The minimum atomic E-state index is 0.0275. The van der Waals surface area contributed by atoms with Crippen molar-refractivity contribution in [1.29, 1.82) is 0 Å². The number of nitrogen functional groups attached to an aromatic ring is 1. The van der Waals surface area contributed by atoms with Crippen molar-refractivity contribution in [3.63, 3.8) is 0 Å². The summed E-state index contributed by atoms with van der Waals surface area (Å²) < 4.78 is 1.13. The first-order valence-electron chi connectivity index (χ1n) is 6.84. The summed E-state index contributed by atoms with van der Waals surface area (Å²) in [6.07, 6.45) is 0. The molecule has 1 amide bonds. The molecular formula is C17H16N2OS. The van der Waals surface area contributed by atoms with E-state index in [1.54, 1.807) is 16.2 Å². The summed E-state index contributed by atoms with van der Waals surface area (Å²) in [5.74, 6) is 0.0275. The zero-order chi connectivity index (χ0) is 14.8. The van der Waals surface area contributed by atoms with E-state index >= 15 is 0 Å². The smallest absolute Gasteiger partial charge is 0.259 e. The zero-order valence-corrected chi connectivity index (χ0v) is 12.6. The van der Waals surface area contributed by atoms with Gasteiger partial charge in [0, 0.05) is 33.4 Å². The van der Waals surface area contributed by atoms with E-state index in [1.165, 1.54) is 0 Å². The van der Waals surface area contributed by atoms with Crippen LogP contribution in [-0.2, 0) is 0 Å². The molecule has 2 N–H and O–H groups in total. The van der Waals surface area contributed by atoms with Crippen molar-refractivity contribution in [2.24, 2.45) is 0 Å². The maximum atomic E-state index is 12.8. The lowest BCUT2D eigenvalue weighted by atomic mass is 10.1. The summed E-state index contributed by atoms with van der Waals surface area (Å²) in [6, 6.07) is 15.4. The summed E-state index contributed by atoms with van der Waals surface area (Å²) in [7, 11) is 0. The second kappa shape index (κ2) is 5.58. The van der Waals surface area contributed by atoms with Crippen LogP contribution >= 0.6 is 11.3 Å². The average Bonchev–Trinajstić information content (AvgIpc) is 2.94. The van der Waals surface area contributed by atoms with Gasteiger partial charge in [-0.25, -0.2) is 0 Å². The fourth-order valence-corrected chi connectivity index (χ4v) is 3.32. The first-order chi connectivity index (χ1) is 10.2. The highest BCUT2D eigenvalue weighted by atomic mass is 32.1. The largest absolute Gasteiger partial charge is 0.399 e. The molecule has 0 fully saturated rings. The molecule has 0 bridgehead atoms. The predicted molar refractivity (Wildman–Crippen MR) is 90.0 cm³/mol. The number of anilines is 2. The molecule has 0 aliphatic carbocycles. The molecule has 0 aliphatic heterocycles. The Morgan fingerprint density at radius 3 is 2.57 bits per heavy atom. The van der Waals surface area contributed by atoms with Crippen molar-refractivity contribution >= 4 is 38.7 Å². The van der Waals surface area contributed by atoms with Crippen molar-refractivity contribution in [3.8, 4) is 0 Å². The van der Waals surface area contributed by atoms with E-state index in [0.29, 0.717) is 12.2 Å². The molecular weight excluding hydrogens is 280 g/mol. The molecule has 21 heavy (non-hydrogen) atoms. The van der Waals surface area contributed by atoms with Gasteiger partial charge in [0.15, 0.2) is 0 Å². The van der Waals surface area contributed by atoms with Crippen molar-refractivity contribution in [1.82, 2.24) is 0 Å². The van der Waals surface area contributed by atoms with E-state index in [0.717, 1.165) is 21.3 Å². The summed E-state index contributed by atoms with van der Waals surface area (Å²) >= 11 is 1.60. The Morgan fingerprint density at radius 2 is 1.86 bits per heavy atom. The van der Waals surface area contributed by atoms with E-state index in [2.05, 4.69) is 0 Å². The minimum Gasteiger partial charge on any atom is -0.399 e. The second-order valence-corrected chi connectivity index (χ2v) is 5.70. The van der Waals surface area contributed by atoms with Gasteiger partial charge < -0.3 is 10.6 Å². The van der Waals surface area contributed by atoms with Crippen LogP contribution in [0.15, 0.2) is 53.9 Å². The molecule has 0 saturated heterocycles. The van der Waals surface area contributed by atoms with E-state index in [9.17, 15) is 4.79 Å². The molecule has 0 unspecified atom stereocenters. The Kier molecular flexibility index (Phi) is 3.62. The highest BCUT2D eigenvalue weighted by Crippen LogP contribution is 2.28. The quantitative estimate of drug-likeness (QED) is 0.738. The highest BCUT2D eigenvalue weighted by molar-refractivity contribution is 7.17. The van der Waals surface area contributed by atoms with Gasteiger partial charge in [-0.15, -0.1) is 11.3 Å². The predicted octanol–water partition coefficient (Wildman–Crippen LogP) is 4.15. The van der Waals surface area contributed by atoms with Crippen molar-refractivity contribution < 1.29 is 4.79 Å². The Bertz CT molecular complexity index is 777. The number of benzene rings is 2. The van der Waals surface area contributed by atoms with Crippen LogP contribution in [0.1, 0.15) is 17.3 Å². The van der Waals surface area contributed by atoms with Crippen LogP contribution in [0.3, 0.4) is 0 Å². The van der Waals surface area contributed by atoms with Gasteiger partial charge in [0.1, 0.15) is 0 Å². The third-order valence-corrected chi connectivity index (χ3v) is 4.44. The highest BCUT2D eigenvalue weighted by Gasteiger charge is 2.19. The number of carbonyl (C=O) groups is 1. The molecule has 3 nitrogen and oxygen atoms in total. The first kappa shape index (κ1) is 13.6. The number of amides is 1. The standard InChI is InChI=1S/C17H16N2OS/c1-2-19(13-9-7-12(18)8-10-13)17(20)15-11-21-16-6-4-3-5-14(15)16/h3-11H,2,18H2,1H3. The van der Waals surface area contributed by atoms with Gasteiger partial charge in [0.25, 0.3) is 5.91 Å². The summed E-state index contributed by atoms with van der Waals surface area (Å²) in [5.41, 5.74) is 8.04. The molecule has 0 radical (unpaired) electrons. The van der Waals surface area contributed by atoms with E-state index in [-0.39, 0.29) is 5.91 Å². The lowest BCUT2D eigenvalue weighted by Crippen LogP contribution is -2.30. The number of hydrogen-bond acceptors (Lipinski definition) is 3. The Balaban J connectivity index is 2.01. The number of thiophene rings is 1. The molecule has 0 aliphatic rings. The normalized spacial score (nSPS) is 10.7. The van der Waals surface area contributed by atoms with Crippen LogP contribution < -0.4 is 10.6 Å². The van der Waals surface area contributed by atoms with Crippen LogP contribution in [0.2, 0.25) is 0 Å². The molecule has 0 saturated carbocycles. The minimum absolute atomic E-state index is 0.0275. The molecule has 0 spiro atoms. The number of rotatable bonds is 3. The van der Waals surface area contributed by atoms with Crippen LogP contribution in [0.4, 0.5) is 11.4 Å². The van der Waals surface area contributed by atoms with Gasteiger partial charge in [-0.3, -0.25) is 4.79 Å². The second-order valence-electron chi connectivity index (χ2n) is 4.79. The summed E-state index contributed by atoms with van der Waals surface area (Å²) in [6.45, 7) is 2.59. The first-order valence-corrected chi connectivity index (χ1v) is 7.72. The van der Waals surface area contributed by atoms with Crippen LogP contribution in [0.25, 0.3) is 10.1 Å². The van der Waals surface area contributed by atoms with E-state index < -0.39 is 0 Å². The molecule has 3 rings (SSSR count). The van der Waals surface area contributed by atoms with E-state index in [1.807, 2.05) is 60.8 Å². The number of hydrogen-bond donors (Lipinski definition) is 1.